The predicted molar refractivity (Wildman–Crippen MR) is 95.4 cm³/mol. The largest absolute Gasteiger partial charge is 0.437 e. The molecule has 28 heavy (non-hydrogen) atoms. The highest BCUT2D eigenvalue weighted by Crippen LogP contribution is 2.50. The first-order chi connectivity index (χ1) is 13.1. The zero-order valence-corrected chi connectivity index (χ0v) is 15.2. The molecule has 0 saturated carbocycles. The maximum Gasteiger partial charge on any atom is 0.437 e. The van der Waals surface area contributed by atoms with Crippen LogP contribution >= 0.6 is 0 Å². The van der Waals surface area contributed by atoms with E-state index in [1.165, 1.54) is 43.4 Å². The number of hydrogen-bond acceptors (Lipinski definition) is 3. The van der Waals surface area contributed by atoms with Gasteiger partial charge in [-0.25, -0.2) is 4.79 Å². The fraction of sp³-hybridized carbons (Fsp3) is 0.300. The predicted octanol–water partition coefficient (Wildman–Crippen LogP) is 3.47. The molecule has 1 fully saturated rings. The zero-order chi connectivity index (χ0) is 20.7. The van der Waals surface area contributed by atoms with Crippen LogP contribution in [0, 0.1) is 5.92 Å². The molecule has 8 heteroatoms. The molecule has 1 aliphatic heterocycles. The molecular formula is C20H19F3N2O3. The molecule has 1 N–H and O–H groups in total. The second kappa shape index (κ2) is 6.94. The second-order valence-corrected chi connectivity index (χ2v) is 6.74. The lowest BCUT2D eigenvalue weighted by molar-refractivity contribution is -0.328. The summed E-state index contributed by atoms with van der Waals surface area (Å²) in [6.45, 7) is 0. The van der Waals surface area contributed by atoms with Crippen LogP contribution in [0.1, 0.15) is 22.0 Å². The smallest absolute Gasteiger partial charge is 0.363 e. The van der Waals surface area contributed by atoms with Gasteiger partial charge in [0.25, 0.3) is 5.72 Å². The number of hydrogen-bond donors (Lipinski definition) is 1. The van der Waals surface area contributed by atoms with Crippen molar-refractivity contribution in [3.8, 4) is 0 Å². The van der Waals surface area contributed by atoms with E-state index in [0.29, 0.717) is 5.56 Å². The van der Waals surface area contributed by atoms with Gasteiger partial charge in [0, 0.05) is 19.7 Å². The minimum atomic E-state index is -5.25. The van der Waals surface area contributed by atoms with Crippen LogP contribution in [0.25, 0.3) is 0 Å². The number of rotatable bonds is 3. The van der Waals surface area contributed by atoms with E-state index in [2.05, 4.69) is 0 Å². The molecule has 0 aromatic heterocycles. The summed E-state index contributed by atoms with van der Waals surface area (Å²) in [6, 6.07) is 13.0. The maximum absolute atomic E-state index is 14.1. The van der Waals surface area contributed by atoms with Crippen molar-refractivity contribution in [2.45, 2.75) is 17.9 Å². The first-order valence-electron chi connectivity index (χ1n) is 8.54. The third-order valence-corrected chi connectivity index (χ3v) is 5.17. The van der Waals surface area contributed by atoms with Crippen LogP contribution in [-0.4, -0.2) is 52.7 Å². The van der Waals surface area contributed by atoms with Crippen LogP contribution in [-0.2, 0) is 0 Å². The van der Waals surface area contributed by atoms with Crippen LogP contribution in [0.15, 0.2) is 60.7 Å². The number of aliphatic hydroxyl groups is 1. The van der Waals surface area contributed by atoms with Crippen molar-refractivity contribution in [2.24, 2.45) is 5.92 Å². The average molecular weight is 392 g/mol. The van der Waals surface area contributed by atoms with Gasteiger partial charge < -0.3 is 10.0 Å². The Balaban J connectivity index is 2.26. The Bertz CT molecular complexity index is 873. The first kappa shape index (κ1) is 19.9. The fourth-order valence-corrected chi connectivity index (χ4v) is 3.69. The van der Waals surface area contributed by atoms with Gasteiger partial charge in [-0.3, -0.25) is 9.69 Å². The quantitative estimate of drug-likeness (QED) is 0.814. The van der Waals surface area contributed by atoms with Crippen molar-refractivity contribution in [1.82, 2.24) is 9.80 Å². The topological polar surface area (TPSA) is 60.9 Å². The number of nitrogens with zero attached hydrogens (tertiary/aromatic N) is 2. The molecule has 3 rings (SSSR count). The molecule has 1 aliphatic rings. The summed E-state index contributed by atoms with van der Waals surface area (Å²) in [5, 5.41) is 10.8. The van der Waals surface area contributed by atoms with Crippen LogP contribution < -0.4 is 0 Å². The van der Waals surface area contributed by atoms with Crippen molar-refractivity contribution in [3.05, 3.63) is 71.8 Å². The lowest BCUT2D eigenvalue weighted by Gasteiger charge is -2.53. The van der Waals surface area contributed by atoms with Gasteiger partial charge in [0.15, 0.2) is 5.78 Å². The average Bonchev–Trinajstić information content (AvgIpc) is 2.69. The molecule has 0 radical (unpaired) electrons. The van der Waals surface area contributed by atoms with E-state index in [1.807, 2.05) is 0 Å². The van der Waals surface area contributed by atoms with Gasteiger partial charge in [0.1, 0.15) is 5.92 Å². The normalized spacial score (nSPS) is 25.7. The zero-order valence-electron chi connectivity index (χ0n) is 15.2. The Labute approximate surface area is 160 Å². The molecule has 2 amide bonds. The Morgan fingerprint density at radius 3 is 2.00 bits per heavy atom. The van der Waals surface area contributed by atoms with E-state index >= 15 is 0 Å². The first-order valence-corrected chi connectivity index (χ1v) is 8.54. The fourth-order valence-electron chi connectivity index (χ4n) is 3.69. The number of amides is 2. The van der Waals surface area contributed by atoms with Crippen molar-refractivity contribution in [3.63, 3.8) is 0 Å². The minimum absolute atomic E-state index is 0.0206. The molecule has 1 heterocycles. The number of benzene rings is 2. The van der Waals surface area contributed by atoms with Gasteiger partial charge in [-0.2, -0.15) is 13.2 Å². The third kappa shape index (κ3) is 2.93. The van der Waals surface area contributed by atoms with E-state index < -0.39 is 35.7 Å². The highest BCUT2D eigenvalue weighted by molar-refractivity contribution is 6.00. The standard InChI is InChI=1S/C20H19F3N2O3/c1-24-16(13-9-5-3-6-10-13)15(17(26)14-11-7-4-8-12-14)19(28,20(21,22)23)25(2)18(24)27/h3-12,15-16,28H,1-2H3/t15-,16-,19-/m0/s1. The Morgan fingerprint density at radius 1 is 1.00 bits per heavy atom. The van der Waals surface area contributed by atoms with Crippen LogP contribution in [0.2, 0.25) is 0 Å². The van der Waals surface area contributed by atoms with E-state index in [4.69, 9.17) is 0 Å². The molecule has 3 atom stereocenters. The molecule has 2 aromatic carbocycles. The maximum atomic E-state index is 14.1. The molecule has 0 aliphatic carbocycles. The van der Waals surface area contributed by atoms with Crippen molar-refractivity contribution in [2.75, 3.05) is 14.1 Å². The summed E-state index contributed by atoms with van der Waals surface area (Å²) < 4.78 is 42.2. The second-order valence-electron chi connectivity index (χ2n) is 6.74. The summed E-state index contributed by atoms with van der Waals surface area (Å²) in [7, 11) is 2.16. The molecule has 0 unspecified atom stereocenters. The van der Waals surface area contributed by atoms with E-state index in [0.717, 1.165) is 11.9 Å². The minimum Gasteiger partial charge on any atom is -0.363 e. The summed E-state index contributed by atoms with van der Waals surface area (Å²) in [6.07, 6.45) is -5.25. The number of alkyl halides is 3. The molecule has 5 nitrogen and oxygen atoms in total. The molecule has 148 valence electrons. The molecular weight excluding hydrogens is 373 g/mol. The monoisotopic (exact) mass is 392 g/mol. The molecule has 0 spiro atoms. The molecule has 1 saturated heterocycles. The Morgan fingerprint density at radius 2 is 1.50 bits per heavy atom. The van der Waals surface area contributed by atoms with Crippen molar-refractivity contribution >= 4 is 11.8 Å². The lowest BCUT2D eigenvalue weighted by atomic mass is 9.76. The van der Waals surface area contributed by atoms with Gasteiger partial charge >= 0.3 is 12.2 Å². The van der Waals surface area contributed by atoms with Crippen molar-refractivity contribution in [1.29, 1.82) is 0 Å². The van der Waals surface area contributed by atoms with E-state index in [1.54, 1.807) is 24.3 Å². The van der Waals surface area contributed by atoms with Crippen LogP contribution in [0.3, 0.4) is 0 Å². The summed E-state index contributed by atoms with van der Waals surface area (Å²) in [4.78, 5) is 27.0. The lowest BCUT2D eigenvalue weighted by Crippen LogP contribution is -2.73. The number of halogens is 3. The van der Waals surface area contributed by atoms with Gasteiger partial charge in [0.2, 0.25) is 0 Å². The molecule has 0 bridgehead atoms. The number of carbonyl (C=O) groups excluding carboxylic acids is 2. The highest BCUT2D eigenvalue weighted by Gasteiger charge is 2.70. The Hall–Kier alpha value is -2.87. The van der Waals surface area contributed by atoms with Crippen LogP contribution in [0.5, 0.6) is 0 Å². The van der Waals surface area contributed by atoms with Gasteiger partial charge in [0.05, 0.1) is 6.04 Å². The van der Waals surface area contributed by atoms with Gasteiger partial charge in [-0.05, 0) is 5.56 Å². The number of carbonyl (C=O) groups is 2. The highest BCUT2D eigenvalue weighted by atomic mass is 19.4. The van der Waals surface area contributed by atoms with E-state index in [-0.39, 0.29) is 10.5 Å². The SMILES string of the molecule is CN1C(=O)N(C)[C@@](O)(C(F)(F)F)[C@H](C(=O)c2ccccc2)[C@@H]1c1ccccc1. The molecule has 2 aromatic rings. The number of ketones is 1. The van der Waals surface area contributed by atoms with Gasteiger partial charge in [-0.15, -0.1) is 0 Å². The number of urea groups is 1. The summed E-state index contributed by atoms with van der Waals surface area (Å²) >= 11 is 0. The van der Waals surface area contributed by atoms with E-state index in [9.17, 15) is 27.9 Å². The Kier molecular flexibility index (Phi) is 4.93. The summed E-state index contributed by atoms with van der Waals surface area (Å²) in [5.41, 5.74) is -3.32. The number of Topliss-reactive ketones (excluding diaryl/α,β-unsaturated/α-hetero) is 1. The van der Waals surface area contributed by atoms with Crippen LogP contribution in [0.4, 0.5) is 18.0 Å². The summed E-state index contributed by atoms with van der Waals surface area (Å²) in [5.74, 6) is -2.88. The van der Waals surface area contributed by atoms with Crippen molar-refractivity contribution < 1.29 is 27.9 Å². The third-order valence-electron chi connectivity index (χ3n) is 5.17. The van der Waals surface area contributed by atoms with Gasteiger partial charge in [-0.1, -0.05) is 60.7 Å².